The molecule has 36 heavy (non-hydrogen) atoms. The highest BCUT2D eigenvalue weighted by atomic mass is 35.5. The van der Waals surface area contributed by atoms with Gasteiger partial charge in [-0.3, -0.25) is 9.59 Å². The Morgan fingerprint density at radius 1 is 1.06 bits per heavy atom. The number of carbonyl (C=O) groups is 2. The molecule has 3 aromatic rings. The van der Waals surface area contributed by atoms with Crippen LogP contribution in [-0.2, 0) is 6.42 Å². The minimum atomic E-state index is -0.549. The second-order valence-electron chi connectivity index (χ2n) is 9.38. The summed E-state index contributed by atoms with van der Waals surface area (Å²) in [6.45, 7) is 0.561. The van der Waals surface area contributed by atoms with Crippen LogP contribution in [0.3, 0.4) is 0 Å². The third-order valence-corrected chi connectivity index (χ3v) is 7.60. The summed E-state index contributed by atoms with van der Waals surface area (Å²) in [6.07, 6.45) is 4.59. The van der Waals surface area contributed by atoms with Gasteiger partial charge in [0, 0.05) is 34.6 Å². The average molecular weight is 505 g/mol. The van der Waals surface area contributed by atoms with Crippen molar-refractivity contribution in [1.29, 1.82) is 0 Å². The fourth-order valence-electron chi connectivity index (χ4n) is 5.42. The maximum Gasteiger partial charge on any atom is 0.258 e. The van der Waals surface area contributed by atoms with Crippen molar-refractivity contribution >= 4 is 40.5 Å². The molecule has 184 valence electrons. The molecule has 2 aliphatic rings. The average Bonchev–Trinajstić information content (AvgIpc) is 3.20. The number of hydrogen-bond acceptors (Lipinski definition) is 4. The number of halogens is 2. The SMILES string of the molecule is N/N=C1\CCCC12CCN(C(=O)c1ccc(NC(=O)c3cc(F)ccc3Cl)cc1)c1ccccc1C2. The lowest BCUT2D eigenvalue weighted by Crippen LogP contribution is -2.35. The number of anilines is 2. The molecule has 1 saturated carbocycles. The van der Waals surface area contributed by atoms with Gasteiger partial charge in [-0.05, 0) is 86.2 Å². The molecule has 1 fully saturated rings. The molecule has 3 aromatic carbocycles. The quantitative estimate of drug-likeness (QED) is 0.348. The molecule has 0 radical (unpaired) electrons. The zero-order valence-electron chi connectivity index (χ0n) is 19.6. The third-order valence-electron chi connectivity index (χ3n) is 7.27. The predicted octanol–water partition coefficient (Wildman–Crippen LogP) is 5.81. The number of nitrogens with zero attached hydrogens (tertiary/aromatic N) is 2. The van der Waals surface area contributed by atoms with Gasteiger partial charge in [0.2, 0.25) is 0 Å². The third kappa shape index (κ3) is 4.46. The van der Waals surface area contributed by atoms with Crippen molar-refractivity contribution in [2.75, 3.05) is 16.8 Å². The Morgan fingerprint density at radius 3 is 2.61 bits per heavy atom. The molecule has 0 aromatic heterocycles. The number of nitrogens with one attached hydrogen (secondary N) is 1. The first kappa shape index (κ1) is 24.0. The molecule has 5 rings (SSSR count). The molecular weight excluding hydrogens is 479 g/mol. The molecule has 1 unspecified atom stereocenters. The van der Waals surface area contributed by atoms with Crippen LogP contribution in [0.2, 0.25) is 5.02 Å². The number of hydrazone groups is 1. The van der Waals surface area contributed by atoms with E-state index in [0.717, 1.165) is 55.1 Å². The fourth-order valence-corrected chi connectivity index (χ4v) is 5.62. The number of carbonyl (C=O) groups excluding carboxylic acids is 2. The summed E-state index contributed by atoms with van der Waals surface area (Å²) in [6, 6.07) is 18.3. The molecule has 1 heterocycles. The Labute approximate surface area is 213 Å². The number of amides is 2. The van der Waals surface area contributed by atoms with Crippen LogP contribution in [-0.4, -0.2) is 24.1 Å². The number of rotatable bonds is 3. The first-order valence-corrected chi connectivity index (χ1v) is 12.3. The Morgan fingerprint density at radius 2 is 1.83 bits per heavy atom. The first-order chi connectivity index (χ1) is 17.4. The zero-order valence-corrected chi connectivity index (χ0v) is 20.4. The molecule has 1 aliphatic carbocycles. The van der Waals surface area contributed by atoms with Crippen molar-refractivity contribution < 1.29 is 14.0 Å². The fraction of sp³-hybridized carbons (Fsp3) is 0.250. The second-order valence-corrected chi connectivity index (χ2v) is 9.78. The van der Waals surface area contributed by atoms with E-state index in [2.05, 4.69) is 16.5 Å². The Hall–Kier alpha value is -3.71. The van der Waals surface area contributed by atoms with Crippen molar-refractivity contribution in [1.82, 2.24) is 0 Å². The Kier molecular flexibility index (Phi) is 6.49. The lowest BCUT2D eigenvalue weighted by molar-refractivity contribution is 0.0984. The van der Waals surface area contributed by atoms with Gasteiger partial charge in [0.15, 0.2) is 0 Å². The maximum atomic E-state index is 13.6. The standard InChI is InChI=1S/C28H26ClFN4O2/c29-23-12-9-20(30)16-22(23)26(35)32-21-10-7-18(8-11-21)27(36)34-15-14-28(13-3-6-25(28)33-31)17-19-4-1-2-5-24(19)34/h1-2,4-5,7-12,16H,3,6,13-15,17,31H2,(H,32,35)/b33-25+. The van der Waals surface area contributed by atoms with Crippen LogP contribution in [0.1, 0.15) is 52.0 Å². The highest BCUT2D eigenvalue weighted by Crippen LogP contribution is 2.45. The van der Waals surface area contributed by atoms with E-state index in [1.807, 2.05) is 23.1 Å². The summed E-state index contributed by atoms with van der Waals surface area (Å²) in [5, 5.41) is 6.98. The molecule has 0 saturated heterocycles. The lowest BCUT2D eigenvalue weighted by atomic mass is 9.76. The molecular formula is C28H26ClFN4O2. The van der Waals surface area contributed by atoms with Gasteiger partial charge in [0.25, 0.3) is 11.8 Å². The maximum absolute atomic E-state index is 13.6. The minimum Gasteiger partial charge on any atom is -0.323 e. The number of hydrogen-bond donors (Lipinski definition) is 2. The summed E-state index contributed by atoms with van der Waals surface area (Å²) in [5.74, 6) is 4.56. The number of para-hydroxylation sites is 1. The molecule has 2 amide bonds. The molecule has 1 atom stereocenters. The van der Waals surface area contributed by atoms with Crippen LogP contribution in [0.15, 0.2) is 71.8 Å². The van der Waals surface area contributed by atoms with Crippen LogP contribution in [0.4, 0.5) is 15.8 Å². The van der Waals surface area contributed by atoms with Gasteiger partial charge in [-0.1, -0.05) is 29.8 Å². The Balaban J connectivity index is 1.37. The van der Waals surface area contributed by atoms with Crippen LogP contribution < -0.4 is 16.1 Å². The van der Waals surface area contributed by atoms with Crippen LogP contribution >= 0.6 is 11.6 Å². The van der Waals surface area contributed by atoms with E-state index in [4.69, 9.17) is 17.4 Å². The van der Waals surface area contributed by atoms with E-state index in [1.54, 1.807) is 24.3 Å². The van der Waals surface area contributed by atoms with E-state index in [0.29, 0.717) is 17.8 Å². The van der Waals surface area contributed by atoms with E-state index >= 15 is 0 Å². The summed E-state index contributed by atoms with van der Waals surface area (Å²) in [4.78, 5) is 28.0. The number of fused-ring (bicyclic) bond motifs is 1. The lowest BCUT2D eigenvalue weighted by Gasteiger charge is -2.28. The van der Waals surface area contributed by atoms with E-state index in [1.165, 1.54) is 12.1 Å². The van der Waals surface area contributed by atoms with Crippen molar-refractivity contribution in [3.63, 3.8) is 0 Å². The van der Waals surface area contributed by atoms with Crippen LogP contribution in [0.5, 0.6) is 0 Å². The Bertz CT molecular complexity index is 1360. The van der Waals surface area contributed by atoms with Gasteiger partial charge in [-0.2, -0.15) is 5.10 Å². The van der Waals surface area contributed by atoms with Gasteiger partial charge in [-0.25, -0.2) is 4.39 Å². The van der Waals surface area contributed by atoms with Gasteiger partial charge in [-0.15, -0.1) is 0 Å². The molecule has 3 N–H and O–H groups in total. The van der Waals surface area contributed by atoms with Crippen molar-refractivity contribution in [3.05, 3.63) is 94.3 Å². The normalized spacial score (nSPS) is 20.3. The topological polar surface area (TPSA) is 87.8 Å². The number of nitrogens with two attached hydrogens (primary N) is 1. The van der Waals surface area contributed by atoms with Gasteiger partial charge in [0.1, 0.15) is 5.82 Å². The smallest absolute Gasteiger partial charge is 0.258 e. The largest absolute Gasteiger partial charge is 0.323 e. The van der Waals surface area contributed by atoms with E-state index < -0.39 is 11.7 Å². The van der Waals surface area contributed by atoms with E-state index in [9.17, 15) is 14.0 Å². The highest BCUT2D eigenvalue weighted by molar-refractivity contribution is 6.34. The van der Waals surface area contributed by atoms with Crippen LogP contribution in [0, 0.1) is 11.2 Å². The molecule has 0 bridgehead atoms. The molecule has 1 aliphatic heterocycles. The van der Waals surface area contributed by atoms with Crippen molar-refractivity contribution in [2.45, 2.75) is 32.1 Å². The summed E-state index contributed by atoms with van der Waals surface area (Å²) < 4.78 is 13.5. The number of benzene rings is 3. The van der Waals surface area contributed by atoms with E-state index in [-0.39, 0.29) is 21.9 Å². The van der Waals surface area contributed by atoms with Gasteiger partial charge < -0.3 is 16.1 Å². The van der Waals surface area contributed by atoms with Gasteiger partial charge >= 0.3 is 0 Å². The minimum absolute atomic E-state index is 0.0409. The summed E-state index contributed by atoms with van der Waals surface area (Å²) in [5.41, 5.74) is 3.97. The second kappa shape index (κ2) is 9.74. The summed E-state index contributed by atoms with van der Waals surface area (Å²) in [7, 11) is 0. The molecule has 6 nitrogen and oxygen atoms in total. The first-order valence-electron chi connectivity index (χ1n) is 11.9. The monoisotopic (exact) mass is 504 g/mol. The summed E-state index contributed by atoms with van der Waals surface area (Å²) >= 11 is 6.04. The van der Waals surface area contributed by atoms with Gasteiger partial charge in [0.05, 0.1) is 10.6 Å². The zero-order chi connectivity index (χ0) is 25.3. The highest BCUT2D eigenvalue weighted by Gasteiger charge is 2.43. The molecule has 1 spiro atoms. The predicted molar refractivity (Wildman–Crippen MR) is 140 cm³/mol. The van der Waals surface area contributed by atoms with Crippen LogP contribution in [0.25, 0.3) is 0 Å². The molecule has 8 heteroatoms. The van der Waals surface area contributed by atoms with Crippen molar-refractivity contribution in [2.24, 2.45) is 16.4 Å². The van der Waals surface area contributed by atoms with Crippen molar-refractivity contribution in [3.8, 4) is 0 Å².